The number of aliphatic hydroxyl groups excluding tert-OH is 1. The fourth-order valence-electron chi connectivity index (χ4n) is 8.33. The Morgan fingerprint density at radius 1 is 0.783 bits per heavy atom. The smallest absolute Gasteiger partial charge is 0.407 e. The van der Waals surface area contributed by atoms with Crippen LogP contribution in [-0.2, 0) is 19.0 Å². The summed E-state index contributed by atoms with van der Waals surface area (Å²) in [5.74, 6) is 1.27. The number of carbonyl (C=O) groups is 3. The van der Waals surface area contributed by atoms with Gasteiger partial charge in [0.05, 0.1) is 62.7 Å². The number of fused-ring (bicyclic) bond motifs is 1. The molecule has 6 aromatic rings. The van der Waals surface area contributed by atoms with E-state index in [9.17, 15) is 19.5 Å². The van der Waals surface area contributed by atoms with E-state index in [0.29, 0.717) is 18.9 Å². The number of nitrogens with zero attached hydrogens (tertiary/aromatic N) is 4. The molecule has 2 saturated heterocycles. The van der Waals surface area contributed by atoms with Crippen LogP contribution in [0.15, 0.2) is 90.6 Å². The van der Waals surface area contributed by atoms with Crippen LogP contribution in [0.25, 0.3) is 44.4 Å². The molecule has 0 spiro atoms. The van der Waals surface area contributed by atoms with Gasteiger partial charge in [-0.15, -0.1) is 11.3 Å². The van der Waals surface area contributed by atoms with E-state index >= 15 is 0 Å². The van der Waals surface area contributed by atoms with Gasteiger partial charge in [-0.05, 0) is 76.7 Å². The number of ether oxygens (including phenoxy) is 3. The van der Waals surface area contributed by atoms with Gasteiger partial charge < -0.3 is 44.8 Å². The zero-order valence-electron chi connectivity index (χ0n) is 33.6. The van der Waals surface area contributed by atoms with Crippen LogP contribution in [0.1, 0.15) is 60.3 Å². The van der Waals surface area contributed by atoms with Crippen molar-refractivity contribution in [2.45, 2.75) is 56.1 Å². The largest absolute Gasteiger partial charge is 0.453 e. The van der Waals surface area contributed by atoms with E-state index < -0.39 is 30.5 Å². The molecular weight excluding hydrogens is 785 g/mol. The standard InChI is InChI=1S/C44H48N8O7S/c1-57-25-34(49-43(55)58-2)41(53)51-18-4-7-35(51)39-46-24-33(48-39)31-17-16-29-21-28(14-15-30(29)22-31)26-10-12-27(13-11-26)32-23-45-40(47-32)36-8-5-19-52(36)42(54)38(50-44(56)59-3)37-9-6-20-60-37/h6,9-17,20-24,34-36,38,41,53H,4-5,7-8,18-19,25H2,1-3H3,(H,45,47)(H,46,48)(H,49,55)(H,50,56)/t34-,35-,36-,38+,41?/m0/s1. The average molecular weight is 833 g/mol. The number of amides is 3. The van der Waals surface area contributed by atoms with Crippen LogP contribution in [0.2, 0.25) is 0 Å². The maximum atomic E-state index is 13.8. The number of imidazole rings is 2. The number of nitrogens with one attached hydrogen (secondary N) is 4. The summed E-state index contributed by atoms with van der Waals surface area (Å²) >= 11 is 1.41. The molecule has 5 N–H and O–H groups in total. The number of methoxy groups -OCH3 is 3. The number of H-pyrrole nitrogens is 2. The molecule has 0 aliphatic carbocycles. The lowest BCUT2D eigenvalue weighted by Crippen LogP contribution is -2.53. The number of hydrogen-bond acceptors (Lipinski definition) is 11. The first-order valence-corrected chi connectivity index (χ1v) is 20.8. The van der Waals surface area contributed by atoms with Crippen molar-refractivity contribution in [1.82, 2.24) is 40.4 Å². The third kappa shape index (κ3) is 8.49. The van der Waals surface area contributed by atoms with Gasteiger partial charge >= 0.3 is 12.2 Å². The van der Waals surface area contributed by atoms with Gasteiger partial charge in [-0.3, -0.25) is 9.69 Å². The molecule has 16 heteroatoms. The highest BCUT2D eigenvalue weighted by molar-refractivity contribution is 7.10. The van der Waals surface area contributed by atoms with E-state index in [1.165, 1.54) is 32.7 Å². The maximum Gasteiger partial charge on any atom is 0.407 e. The van der Waals surface area contributed by atoms with Gasteiger partial charge in [0.1, 0.15) is 23.9 Å². The first-order chi connectivity index (χ1) is 29.2. The number of aromatic nitrogens is 4. The van der Waals surface area contributed by atoms with Crippen molar-refractivity contribution in [2.75, 3.05) is 41.0 Å². The van der Waals surface area contributed by atoms with E-state index in [1.54, 1.807) is 4.90 Å². The van der Waals surface area contributed by atoms with Crippen LogP contribution >= 0.6 is 11.3 Å². The number of alkyl carbamates (subject to hydrolysis) is 2. The van der Waals surface area contributed by atoms with Crippen LogP contribution in [-0.4, -0.2) is 106 Å². The number of benzene rings is 3. The van der Waals surface area contributed by atoms with Crippen molar-refractivity contribution < 1.29 is 33.7 Å². The second-order valence-corrected chi connectivity index (χ2v) is 16.0. The summed E-state index contributed by atoms with van der Waals surface area (Å²) in [6.07, 6.45) is 4.63. The molecule has 312 valence electrons. The molecule has 3 amide bonds. The van der Waals surface area contributed by atoms with E-state index in [-0.39, 0.29) is 24.6 Å². The number of aliphatic hydroxyl groups is 1. The van der Waals surface area contributed by atoms with Gasteiger partial charge in [0.25, 0.3) is 5.91 Å². The van der Waals surface area contributed by atoms with Gasteiger partial charge in [0.15, 0.2) is 0 Å². The molecular formula is C44H48N8O7S. The van der Waals surface area contributed by atoms with Crippen LogP contribution in [0.5, 0.6) is 0 Å². The van der Waals surface area contributed by atoms with Crippen LogP contribution in [0.3, 0.4) is 0 Å². The van der Waals surface area contributed by atoms with Crippen LogP contribution in [0.4, 0.5) is 9.59 Å². The minimum absolute atomic E-state index is 0.128. The second kappa shape index (κ2) is 18.0. The minimum atomic E-state index is -0.989. The Morgan fingerprint density at radius 3 is 2.07 bits per heavy atom. The molecule has 8 rings (SSSR count). The van der Waals surface area contributed by atoms with E-state index in [4.69, 9.17) is 24.2 Å². The molecule has 60 heavy (non-hydrogen) atoms. The number of rotatable bonds is 13. The highest BCUT2D eigenvalue weighted by Gasteiger charge is 2.39. The SMILES string of the molecule is COC[C@H](NC(=O)OC)C(O)N1CCC[C@H]1c1ncc(-c2ccc3cc(-c4ccc(-c5cnc([C@@H]6CCCN6C(=O)[C@H](NC(=O)OC)c6cccs6)[nH]5)cc4)ccc3c2)[nH]1. The minimum Gasteiger partial charge on any atom is -0.453 e. The molecule has 2 aliphatic heterocycles. The van der Waals surface area contributed by atoms with E-state index in [2.05, 4.69) is 81.3 Å². The Hall–Kier alpha value is -6.07. The Kier molecular flexibility index (Phi) is 12.2. The van der Waals surface area contributed by atoms with Crippen molar-refractivity contribution in [3.8, 4) is 33.6 Å². The monoisotopic (exact) mass is 832 g/mol. The van der Waals surface area contributed by atoms with Gasteiger partial charge in [0, 0.05) is 30.6 Å². The molecule has 5 heterocycles. The normalized spacial score (nSPS) is 18.3. The Morgan fingerprint density at radius 2 is 1.38 bits per heavy atom. The van der Waals surface area contributed by atoms with Gasteiger partial charge in [-0.25, -0.2) is 19.6 Å². The molecule has 0 bridgehead atoms. The highest BCUT2D eigenvalue weighted by atomic mass is 32.1. The summed E-state index contributed by atoms with van der Waals surface area (Å²) in [6.45, 7) is 1.34. The van der Waals surface area contributed by atoms with Crippen molar-refractivity contribution in [2.24, 2.45) is 0 Å². The van der Waals surface area contributed by atoms with Crippen LogP contribution < -0.4 is 10.6 Å². The maximum absolute atomic E-state index is 13.8. The second-order valence-electron chi connectivity index (χ2n) is 15.0. The lowest BCUT2D eigenvalue weighted by atomic mass is 9.98. The average Bonchev–Trinajstić information content (AvgIpc) is 4.14. The fraction of sp³-hybridized carbons (Fsp3) is 0.341. The molecule has 2 aliphatic rings. The van der Waals surface area contributed by atoms with Gasteiger partial charge in [0.2, 0.25) is 0 Å². The Bertz CT molecular complexity index is 2430. The predicted molar refractivity (Wildman–Crippen MR) is 227 cm³/mol. The van der Waals surface area contributed by atoms with Crippen molar-refractivity contribution in [3.05, 3.63) is 107 Å². The lowest BCUT2D eigenvalue weighted by Gasteiger charge is -2.33. The van der Waals surface area contributed by atoms with Gasteiger partial charge in [-0.2, -0.15) is 0 Å². The summed E-state index contributed by atoms with van der Waals surface area (Å²) < 4.78 is 14.8. The summed E-state index contributed by atoms with van der Waals surface area (Å²) in [5, 5.41) is 20.7. The Balaban J connectivity index is 0.937. The molecule has 5 atom stereocenters. The van der Waals surface area contributed by atoms with Crippen LogP contribution in [0, 0.1) is 0 Å². The van der Waals surface area contributed by atoms with Crippen molar-refractivity contribution in [3.63, 3.8) is 0 Å². The van der Waals surface area contributed by atoms with Crippen molar-refractivity contribution >= 4 is 40.2 Å². The number of aromatic amines is 2. The first kappa shape index (κ1) is 40.7. The molecule has 15 nitrogen and oxygen atoms in total. The molecule has 3 aromatic carbocycles. The number of thiophene rings is 1. The zero-order chi connectivity index (χ0) is 41.8. The van der Waals surface area contributed by atoms with E-state index in [1.807, 2.05) is 34.8 Å². The summed E-state index contributed by atoms with van der Waals surface area (Å²) in [5.41, 5.74) is 5.87. The van der Waals surface area contributed by atoms with Gasteiger partial charge in [-0.1, -0.05) is 54.6 Å². The number of likely N-dealkylation sites (tertiary alicyclic amines) is 2. The number of carbonyl (C=O) groups excluding carboxylic acids is 3. The fourth-order valence-corrected chi connectivity index (χ4v) is 9.10. The summed E-state index contributed by atoms with van der Waals surface area (Å²) in [6, 6.07) is 22.9. The zero-order valence-corrected chi connectivity index (χ0v) is 34.4. The summed E-state index contributed by atoms with van der Waals surface area (Å²) in [4.78, 5) is 58.8. The third-order valence-electron chi connectivity index (χ3n) is 11.4. The third-order valence-corrected chi connectivity index (χ3v) is 12.3. The number of hydrogen-bond donors (Lipinski definition) is 5. The van der Waals surface area contributed by atoms with E-state index in [0.717, 1.165) is 80.8 Å². The van der Waals surface area contributed by atoms with Crippen molar-refractivity contribution in [1.29, 1.82) is 0 Å². The Labute approximate surface area is 351 Å². The summed E-state index contributed by atoms with van der Waals surface area (Å²) in [7, 11) is 4.09. The molecule has 3 aromatic heterocycles. The quantitative estimate of drug-likeness (QED) is 0.0817. The lowest BCUT2D eigenvalue weighted by molar-refractivity contribution is -0.134. The first-order valence-electron chi connectivity index (χ1n) is 19.9. The molecule has 1 unspecified atom stereocenters. The highest BCUT2D eigenvalue weighted by Crippen LogP contribution is 2.37. The topological polar surface area (TPSA) is 187 Å². The molecule has 0 radical (unpaired) electrons. The molecule has 2 fully saturated rings. The predicted octanol–water partition coefficient (Wildman–Crippen LogP) is 6.94. The molecule has 0 saturated carbocycles.